The van der Waals surface area contributed by atoms with Crippen LogP contribution in [-0.2, 0) is 17.5 Å². The lowest BCUT2D eigenvalue weighted by molar-refractivity contribution is -0.384. The first-order chi connectivity index (χ1) is 13.3. The van der Waals surface area contributed by atoms with Crippen LogP contribution in [0.4, 0.5) is 30.4 Å². The second kappa shape index (κ2) is 8.01. The summed E-state index contributed by atoms with van der Waals surface area (Å²) in [5.74, 6) is 0.553. The summed E-state index contributed by atoms with van der Waals surface area (Å²) in [5.41, 5.74) is -0.244. The van der Waals surface area contributed by atoms with E-state index in [1.54, 1.807) is 12.1 Å². The number of morpholine rings is 1. The lowest BCUT2D eigenvalue weighted by atomic mass is 10.0. The van der Waals surface area contributed by atoms with Gasteiger partial charge in [-0.3, -0.25) is 10.1 Å². The maximum Gasteiger partial charge on any atom is 0.416 e. The van der Waals surface area contributed by atoms with Gasteiger partial charge >= 0.3 is 11.9 Å². The summed E-state index contributed by atoms with van der Waals surface area (Å²) in [6.45, 7) is 3.69. The zero-order chi connectivity index (χ0) is 20.3. The molecule has 0 amide bonds. The van der Waals surface area contributed by atoms with Gasteiger partial charge in [0.15, 0.2) is 0 Å². The molecular weight excluding hydrogens is 377 g/mol. The first kappa shape index (κ1) is 19.9. The Morgan fingerprint density at radius 1 is 1.32 bits per heavy atom. The monoisotopic (exact) mass is 396 g/mol. The minimum Gasteiger partial charge on any atom is -0.378 e. The highest BCUT2D eigenvalue weighted by atomic mass is 19.4. The van der Waals surface area contributed by atoms with Crippen LogP contribution in [0.1, 0.15) is 16.7 Å². The Kier molecular flexibility index (Phi) is 5.68. The van der Waals surface area contributed by atoms with Crippen molar-refractivity contribution < 1.29 is 22.8 Å². The third-order valence-electron chi connectivity index (χ3n) is 4.62. The van der Waals surface area contributed by atoms with Gasteiger partial charge in [-0.2, -0.15) is 13.2 Å². The largest absolute Gasteiger partial charge is 0.416 e. The molecule has 1 N–H and O–H groups in total. The summed E-state index contributed by atoms with van der Waals surface area (Å²) in [5, 5.41) is 14.2. The van der Waals surface area contributed by atoms with Crippen LogP contribution in [0.25, 0.3) is 0 Å². The second-order valence-electron chi connectivity index (χ2n) is 6.36. The Morgan fingerprint density at radius 2 is 2.04 bits per heavy atom. The van der Waals surface area contributed by atoms with Gasteiger partial charge < -0.3 is 15.0 Å². The molecule has 10 heteroatoms. The number of aromatic nitrogens is 1. The molecule has 0 atom stereocenters. The minimum absolute atomic E-state index is 0.0170. The fourth-order valence-electron chi connectivity index (χ4n) is 3.06. The average Bonchev–Trinajstić information content (AvgIpc) is 2.66. The summed E-state index contributed by atoms with van der Waals surface area (Å²) in [6, 6.07) is 5.46. The lowest BCUT2D eigenvalue weighted by Crippen LogP contribution is -2.36. The Labute approximate surface area is 159 Å². The van der Waals surface area contributed by atoms with Gasteiger partial charge in [0.05, 0.1) is 23.7 Å². The molecule has 2 aromatic rings. The molecular formula is C18H19F3N4O3. The van der Waals surface area contributed by atoms with Crippen LogP contribution >= 0.6 is 0 Å². The minimum atomic E-state index is -4.45. The molecule has 0 unspecified atom stereocenters. The third kappa shape index (κ3) is 4.33. The van der Waals surface area contributed by atoms with E-state index in [1.165, 1.54) is 13.0 Å². The van der Waals surface area contributed by atoms with Gasteiger partial charge in [-0.15, -0.1) is 0 Å². The molecule has 1 aromatic heterocycles. The third-order valence-corrected chi connectivity index (χ3v) is 4.62. The molecule has 0 radical (unpaired) electrons. The lowest BCUT2D eigenvalue weighted by Gasteiger charge is -2.28. The number of hydrogen-bond donors (Lipinski definition) is 1. The van der Waals surface area contributed by atoms with Crippen LogP contribution in [0.2, 0.25) is 0 Å². The maximum atomic E-state index is 13.1. The van der Waals surface area contributed by atoms with Crippen LogP contribution in [-0.4, -0.2) is 36.2 Å². The van der Waals surface area contributed by atoms with Crippen molar-refractivity contribution in [3.05, 3.63) is 57.3 Å². The standard InChI is InChI=1S/C18H19F3N4O3/c1-12-13(3-2-4-14(12)18(19,20)21)10-22-15-9-17(23-11-16(15)25(26)27)24-5-7-28-8-6-24/h2-4,9,11H,5-8,10H2,1H3,(H,22,23). The van der Waals surface area contributed by atoms with Crippen LogP contribution in [0.15, 0.2) is 30.5 Å². The number of rotatable bonds is 5. The highest BCUT2D eigenvalue weighted by Crippen LogP contribution is 2.34. The molecule has 28 heavy (non-hydrogen) atoms. The van der Waals surface area contributed by atoms with Crippen molar-refractivity contribution >= 4 is 17.2 Å². The summed E-state index contributed by atoms with van der Waals surface area (Å²) < 4.78 is 44.5. The van der Waals surface area contributed by atoms with Crippen LogP contribution in [0.5, 0.6) is 0 Å². The van der Waals surface area contributed by atoms with E-state index in [2.05, 4.69) is 10.3 Å². The number of halogens is 3. The van der Waals surface area contributed by atoms with Crippen molar-refractivity contribution in [3.8, 4) is 0 Å². The van der Waals surface area contributed by atoms with Gasteiger partial charge in [0.2, 0.25) is 0 Å². The summed E-state index contributed by atoms with van der Waals surface area (Å²) >= 11 is 0. The molecule has 1 aliphatic rings. The predicted octanol–water partition coefficient (Wildman–Crippen LogP) is 3.77. The number of ether oxygens (including phenoxy) is 1. The molecule has 1 fully saturated rings. The number of benzene rings is 1. The molecule has 0 bridgehead atoms. The van der Waals surface area contributed by atoms with E-state index in [0.717, 1.165) is 12.3 Å². The first-order valence-corrected chi connectivity index (χ1v) is 8.64. The van der Waals surface area contributed by atoms with E-state index in [-0.39, 0.29) is 23.5 Å². The van der Waals surface area contributed by atoms with Gasteiger partial charge in [-0.25, -0.2) is 4.98 Å². The molecule has 7 nitrogen and oxygen atoms in total. The van der Waals surface area contributed by atoms with Crippen LogP contribution in [0.3, 0.4) is 0 Å². The van der Waals surface area contributed by atoms with Crippen molar-refractivity contribution in [2.75, 3.05) is 36.5 Å². The predicted molar refractivity (Wildman–Crippen MR) is 97.4 cm³/mol. The van der Waals surface area contributed by atoms with E-state index >= 15 is 0 Å². The Morgan fingerprint density at radius 3 is 2.68 bits per heavy atom. The van der Waals surface area contributed by atoms with Gasteiger partial charge in [0, 0.05) is 25.7 Å². The Bertz CT molecular complexity index is 868. The fourth-order valence-corrected chi connectivity index (χ4v) is 3.06. The van der Waals surface area contributed by atoms with E-state index in [0.29, 0.717) is 37.7 Å². The summed E-state index contributed by atoms with van der Waals surface area (Å²) in [4.78, 5) is 16.8. The number of anilines is 2. The normalized spacial score (nSPS) is 14.8. The molecule has 0 saturated carbocycles. The Balaban J connectivity index is 1.86. The Hall–Kier alpha value is -2.88. The van der Waals surface area contributed by atoms with Crippen LogP contribution < -0.4 is 10.2 Å². The number of nitrogens with zero attached hydrogens (tertiary/aromatic N) is 3. The van der Waals surface area contributed by atoms with Crippen molar-refractivity contribution in [2.24, 2.45) is 0 Å². The highest BCUT2D eigenvalue weighted by molar-refractivity contribution is 5.66. The van der Waals surface area contributed by atoms with E-state index in [1.807, 2.05) is 4.90 Å². The van der Waals surface area contributed by atoms with E-state index < -0.39 is 16.7 Å². The molecule has 1 aliphatic heterocycles. The van der Waals surface area contributed by atoms with Crippen molar-refractivity contribution in [1.29, 1.82) is 0 Å². The van der Waals surface area contributed by atoms with Crippen molar-refractivity contribution in [3.63, 3.8) is 0 Å². The van der Waals surface area contributed by atoms with Crippen molar-refractivity contribution in [2.45, 2.75) is 19.6 Å². The quantitative estimate of drug-likeness (QED) is 0.612. The average molecular weight is 396 g/mol. The van der Waals surface area contributed by atoms with Gasteiger partial charge in [0.25, 0.3) is 0 Å². The number of nitro groups is 1. The number of pyridine rings is 1. The van der Waals surface area contributed by atoms with Gasteiger partial charge in [-0.05, 0) is 24.1 Å². The van der Waals surface area contributed by atoms with Gasteiger partial charge in [0.1, 0.15) is 17.7 Å². The summed E-state index contributed by atoms with van der Waals surface area (Å²) in [7, 11) is 0. The van der Waals surface area contributed by atoms with E-state index in [9.17, 15) is 23.3 Å². The zero-order valence-electron chi connectivity index (χ0n) is 15.1. The molecule has 150 valence electrons. The molecule has 2 heterocycles. The molecule has 0 spiro atoms. The second-order valence-corrected chi connectivity index (χ2v) is 6.36. The van der Waals surface area contributed by atoms with Gasteiger partial charge in [-0.1, -0.05) is 12.1 Å². The van der Waals surface area contributed by atoms with E-state index in [4.69, 9.17) is 4.74 Å². The smallest absolute Gasteiger partial charge is 0.378 e. The molecule has 1 saturated heterocycles. The van der Waals surface area contributed by atoms with Crippen LogP contribution in [0, 0.1) is 17.0 Å². The number of alkyl halides is 3. The maximum absolute atomic E-state index is 13.1. The number of hydrogen-bond acceptors (Lipinski definition) is 6. The zero-order valence-corrected chi connectivity index (χ0v) is 15.1. The fraction of sp³-hybridized carbons (Fsp3) is 0.389. The molecule has 3 rings (SSSR count). The summed E-state index contributed by atoms with van der Waals surface area (Å²) in [6.07, 6.45) is -3.29. The first-order valence-electron chi connectivity index (χ1n) is 8.64. The topological polar surface area (TPSA) is 80.5 Å². The molecule has 0 aliphatic carbocycles. The highest BCUT2D eigenvalue weighted by Gasteiger charge is 2.32. The van der Waals surface area contributed by atoms with Crippen molar-refractivity contribution in [1.82, 2.24) is 4.98 Å². The SMILES string of the molecule is Cc1c(CNc2cc(N3CCOCC3)ncc2[N+](=O)[O-])cccc1C(F)(F)F. The number of nitrogens with one attached hydrogen (secondary N) is 1. The molecule has 1 aromatic carbocycles.